The van der Waals surface area contributed by atoms with Gasteiger partial charge < -0.3 is 19.7 Å². The molecule has 1 aromatic rings. The third-order valence-electron chi connectivity index (χ3n) is 6.62. The van der Waals surface area contributed by atoms with Crippen molar-refractivity contribution in [1.29, 1.82) is 0 Å². The maximum absolute atomic E-state index is 13.0. The highest BCUT2D eigenvalue weighted by molar-refractivity contribution is 6.00. The molecule has 1 aromatic carbocycles. The van der Waals surface area contributed by atoms with Gasteiger partial charge in [0.25, 0.3) is 0 Å². The number of ether oxygens (including phenoxy) is 2. The van der Waals surface area contributed by atoms with Gasteiger partial charge in [-0.1, -0.05) is 57.8 Å². The first kappa shape index (κ1) is 21.0. The van der Waals surface area contributed by atoms with Crippen LogP contribution in [-0.4, -0.2) is 31.2 Å². The average Bonchev–Trinajstić information content (AvgIpc) is 3.35. The molecule has 1 atom stereocenters. The van der Waals surface area contributed by atoms with Crippen LogP contribution in [0.4, 0.5) is 5.69 Å². The molecule has 6 nitrogen and oxygen atoms in total. The number of rotatable bonds is 3. The van der Waals surface area contributed by atoms with Gasteiger partial charge in [-0.05, 0) is 25.0 Å². The van der Waals surface area contributed by atoms with Gasteiger partial charge in [0.15, 0.2) is 11.5 Å². The van der Waals surface area contributed by atoms with Crippen molar-refractivity contribution in [2.24, 2.45) is 5.92 Å². The van der Waals surface area contributed by atoms with Crippen LogP contribution in [0.5, 0.6) is 11.5 Å². The zero-order valence-corrected chi connectivity index (χ0v) is 17.9. The average molecular weight is 415 g/mol. The van der Waals surface area contributed by atoms with Crippen molar-refractivity contribution in [2.45, 2.75) is 83.1 Å². The lowest BCUT2D eigenvalue weighted by molar-refractivity contribution is -0.127. The third-order valence-corrected chi connectivity index (χ3v) is 6.62. The summed E-state index contributed by atoms with van der Waals surface area (Å²) in [6, 6.07) is 5.75. The Balaban J connectivity index is 1.33. The Bertz CT molecular complexity index is 739. The molecule has 6 heteroatoms. The number of nitrogens with one attached hydrogen (secondary N) is 1. The zero-order valence-electron chi connectivity index (χ0n) is 17.9. The van der Waals surface area contributed by atoms with Crippen LogP contribution in [0.3, 0.4) is 0 Å². The number of hydrogen-bond donors (Lipinski definition) is 1. The van der Waals surface area contributed by atoms with Crippen molar-refractivity contribution in [3.05, 3.63) is 18.2 Å². The van der Waals surface area contributed by atoms with Crippen molar-refractivity contribution in [3.63, 3.8) is 0 Å². The summed E-state index contributed by atoms with van der Waals surface area (Å²) in [6.45, 7) is 0.635. The summed E-state index contributed by atoms with van der Waals surface area (Å²) in [6.07, 6.45) is 13.9. The van der Waals surface area contributed by atoms with Gasteiger partial charge in [-0.25, -0.2) is 0 Å². The molecule has 30 heavy (non-hydrogen) atoms. The highest BCUT2D eigenvalue weighted by Gasteiger charge is 2.36. The van der Waals surface area contributed by atoms with Crippen LogP contribution in [0.2, 0.25) is 0 Å². The minimum Gasteiger partial charge on any atom is -0.454 e. The number of carbonyl (C=O) groups excluding carboxylic acids is 2. The van der Waals surface area contributed by atoms with E-state index in [1.165, 1.54) is 57.8 Å². The Hall–Kier alpha value is -2.24. The summed E-state index contributed by atoms with van der Waals surface area (Å²) in [7, 11) is 0. The largest absolute Gasteiger partial charge is 0.454 e. The first-order valence-electron chi connectivity index (χ1n) is 11.7. The molecule has 0 radical (unpaired) electrons. The molecule has 2 fully saturated rings. The van der Waals surface area contributed by atoms with E-state index in [9.17, 15) is 9.59 Å². The van der Waals surface area contributed by atoms with Gasteiger partial charge in [-0.15, -0.1) is 0 Å². The van der Waals surface area contributed by atoms with E-state index in [4.69, 9.17) is 9.47 Å². The molecule has 4 rings (SSSR count). The summed E-state index contributed by atoms with van der Waals surface area (Å²) in [5.74, 6) is 1.09. The first-order chi connectivity index (χ1) is 14.7. The van der Waals surface area contributed by atoms with Crippen molar-refractivity contribution in [2.75, 3.05) is 18.2 Å². The number of hydrogen-bond acceptors (Lipinski definition) is 4. The number of fused-ring (bicyclic) bond motifs is 1. The molecule has 0 aromatic heterocycles. The quantitative estimate of drug-likeness (QED) is 0.787. The van der Waals surface area contributed by atoms with E-state index in [2.05, 4.69) is 5.32 Å². The summed E-state index contributed by atoms with van der Waals surface area (Å²) < 4.78 is 10.8. The third kappa shape index (κ3) is 5.27. The van der Waals surface area contributed by atoms with Gasteiger partial charge in [0.2, 0.25) is 18.6 Å². The summed E-state index contributed by atoms with van der Waals surface area (Å²) in [4.78, 5) is 27.3. The number of benzene rings is 1. The minimum atomic E-state index is -0.288. The van der Waals surface area contributed by atoms with Gasteiger partial charge in [0.05, 0.1) is 5.92 Å². The normalized spacial score (nSPS) is 23.7. The SMILES string of the molecule is O=C(NC1CCCCCCCCCCC1)C1CC(=O)N(c2ccc3c(c2)OCO3)C1. The van der Waals surface area contributed by atoms with E-state index in [0.717, 1.165) is 18.5 Å². The molecule has 1 N–H and O–H groups in total. The van der Waals surface area contributed by atoms with Gasteiger partial charge in [-0.3, -0.25) is 9.59 Å². The summed E-state index contributed by atoms with van der Waals surface area (Å²) in [5.41, 5.74) is 0.769. The lowest BCUT2D eigenvalue weighted by Gasteiger charge is -2.22. The van der Waals surface area contributed by atoms with Gasteiger partial charge >= 0.3 is 0 Å². The maximum Gasteiger partial charge on any atom is 0.231 e. The second-order valence-electron chi connectivity index (χ2n) is 8.91. The number of nitrogens with zero attached hydrogens (tertiary/aromatic N) is 1. The van der Waals surface area contributed by atoms with Crippen LogP contribution in [-0.2, 0) is 9.59 Å². The first-order valence-corrected chi connectivity index (χ1v) is 11.7. The Kier molecular flexibility index (Phi) is 7.13. The van der Waals surface area contributed by atoms with E-state index in [1.807, 2.05) is 18.2 Å². The standard InChI is InChI=1S/C24H34N2O4/c27-23-14-18(16-26(23)20-12-13-21-22(15-20)30-17-29-21)24(28)25-19-10-8-6-4-2-1-3-5-7-9-11-19/h12-13,15,18-19H,1-11,14,16-17H2,(H,25,28). The topological polar surface area (TPSA) is 67.9 Å². The molecule has 164 valence electrons. The predicted octanol–water partition coefficient (Wildman–Crippen LogP) is 4.56. The molecule has 2 amide bonds. The summed E-state index contributed by atoms with van der Waals surface area (Å²) in [5, 5.41) is 3.28. The highest BCUT2D eigenvalue weighted by Crippen LogP contribution is 2.37. The monoisotopic (exact) mass is 414 g/mol. The van der Waals surface area contributed by atoms with E-state index < -0.39 is 0 Å². The molecule has 3 aliphatic rings. The van der Waals surface area contributed by atoms with Crippen LogP contribution >= 0.6 is 0 Å². The second kappa shape index (κ2) is 10.2. The van der Waals surface area contributed by atoms with E-state index >= 15 is 0 Å². The molecular formula is C24H34N2O4. The lowest BCUT2D eigenvalue weighted by Crippen LogP contribution is -2.40. The lowest BCUT2D eigenvalue weighted by atomic mass is 9.97. The Morgan fingerprint density at radius 2 is 1.53 bits per heavy atom. The van der Waals surface area contributed by atoms with Crippen LogP contribution < -0.4 is 19.7 Å². The Labute approximate surface area is 179 Å². The van der Waals surface area contributed by atoms with Crippen molar-refractivity contribution >= 4 is 17.5 Å². The molecule has 1 saturated heterocycles. The smallest absolute Gasteiger partial charge is 0.231 e. The Morgan fingerprint density at radius 3 is 2.23 bits per heavy atom. The van der Waals surface area contributed by atoms with Gasteiger partial charge in [0, 0.05) is 30.8 Å². The Morgan fingerprint density at radius 1 is 0.900 bits per heavy atom. The van der Waals surface area contributed by atoms with E-state index in [1.54, 1.807) is 4.90 Å². The van der Waals surface area contributed by atoms with Crippen LogP contribution in [0, 0.1) is 5.92 Å². The van der Waals surface area contributed by atoms with Crippen LogP contribution in [0.15, 0.2) is 18.2 Å². The molecule has 0 bridgehead atoms. The van der Waals surface area contributed by atoms with E-state index in [0.29, 0.717) is 18.0 Å². The van der Waals surface area contributed by atoms with Crippen molar-refractivity contribution in [1.82, 2.24) is 5.32 Å². The molecule has 2 heterocycles. The summed E-state index contributed by atoms with van der Waals surface area (Å²) >= 11 is 0. The van der Waals surface area contributed by atoms with Crippen LogP contribution in [0.1, 0.15) is 77.0 Å². The fourth-order valence-corrected chi connectivity index (χ4v) is 4.81. The van der Waals surface area contributed by atoms with Gasteiger partial charge in [0.1, 0.15) is 0 Å². The predicted molar refractivity (Wildman–Crippen MR) is 116 cm³/mol. The molecule has 0 spiro atoms. The maximum atomic E-state index is 13.0. The van der Waals surface area contributed by atoms with Crippen molar-refractivity contribution < 1.29 is 19.1 Å². The molecule has 2 aliphatic heterocycles. The number of amides is 2. The molecular weight excluding hydrogens is 380 g/mol. The highest BCUT2D eigenvalue weighted by atomic mass is 16.7. The second-order valence-corrected chi connectivity index (χ2v) is 8.91. The van der Waals surface area contributed by atoms with E-state index in [-0.39, 0.29) is 37.0 Å². The zero-order chi connectivity index (χ0) is 20.8. The minimum absolute atomic E-state index is 0.00675. The fraction of sp³-hybridized carbons (Fsp3) is 0.667. The van der Waals surface area contributed by atoms with Gasteiger partial charge in [-0.2, -0.15) is 0 Å². The molecule has 1 aliphatic carbocycles. The number of anilines is 1. The molecule has 1 unspecified atom stereocenters. The molecule has 1 saturated carbocycles. The van der Waals surface area contributed by atoms with Crippen molar-refractivity contribution in [3.8, 4) is 11.5 Å². The van der Waals surface area contributed by atoms with Crippen LogP contribution in [0.25, 0.3) is 0 Å². The fourth-order valence-electron chi connectivity index (χ4n) is 4.81. The number of carbonyl (C=O) groups is 2.